The molecule has 0 unspecified atom stereocenters. The molecule has 0 spiro atoms. The highest BCUT2D eigenvalue weighted by molar-refractivity contribution is 6.74. The minimum Gasteiger partial charge on any atom is -0.411 e. The van der Waals surface area contributed by atoms with Gasteiger partial charge in [0.1, 0.15) is 5.82 Å². The van der Waals surface area contributed by atoms with Crippen LogP contribution in [0.15, 0.2) is 14.6 Å². The molecule has 1 aliphatic heterocycles. The van der Waals surface area contributed by atoms with Crippen LogP contribution in [-0.4, -0.2) is 35.6 Å². The number of Topliss-reactive ketones (excluding diaryl/α,β-unsaturated/α-hetero) is 1. The Morgan fingerprint density at radius 2 is 1.88 bits per heavy atom. The molecule has 0 radical (unpaired) electrons. The maximum atomic E-state index is 12.7. The minimum absolute atomic E-state index is 0.0824. The second-order valence-corrected chi connectivity index (χ2v) is 13.1. The van der Waals surface area contributed by atoms with E-state index in [-0.39, 0.29) is 23.8 Å². The summed E-state index contributed by atoms with van der Waals surface area (Å²) in [5.41, 5.74) is 0.281. The van der Waals surface area contributed by atoms with Crippen LogP contribution in [0.1, 0.15) is 39.7 Å². The van der Waals surface area contributed by atoms with Crippen LogP contribution in [0.25, 0.3) is 0 Å². The zero-order valence-corrected chi connectivity index (χ0v) is 17.8. The smallest absolute Gasteiger partial charge is 0.332 e. The Morgan fingerprint density at radius 3 is 2.42 bits per heavy atom. The SMILES string of the molecule is CCC(=O)Cn1c(=O)c2c(n(C)c1=O)N=C(CO[Si](C)(C)C(C)(C)C)C2. The molecule has 144 valence electrons. The topological polar surface area (TPSA) is 82.7 Å². The van der Waals surface area contributed by atoms with Crippen molar-refractivity contribution in [1.82, 2.24) is 9.13 Å². The van der Waals surface area contributed by atoms with E-state index in [0.717, 1.165) is 10.3 Å². The molecule has 7 nitrogen and oxygen atoms in total. The number of aliphatic imine (C=N–C) groups is 1. The fourth-order valence-corrected chi connectivity index (χ4v) is 3.46. The Labute approximate surface area is 154 Å². The van der Waals surface area contributed by atoms with Gasteiger partial charge in [-0.05, 0) is 18.1 Å². The van der Waals surface area contributed by atoms with Gasteiger partial charge in [0.15, 0.2) is 14.1 Å². The fourth-order valence-electron chi connectivity index (χ4n) is 2.50. The molecule has 2 rings (SSSR count). The lowest BCUT2D eigenvalue weighted by Gasteiger charge is -2.36. The average Bonchev–Trinajstić information content (AvgIpc) is 2.98. The highest BCUT2D eigenvalue weighted by atomic mass is 28.4. The first-order chi connectivity index (χ1) is 11.9. The largest absolute Gasteiger partial charge is 0.411 e. The first-order valence-corrected chi connectivity index (χ1v) is 11.8. The third-order valence-electron chi connectivity index (χ3n) is 5.39. The molecular weight excluding hydrogens is 350 g/mol. The van der Waals surface area contributed by atoms with Crippen molar-refractivity contribution in [3.8, 4) is 0 Å². The first-order valence-electron chi connectivity index (χ1n) is 8.94. The Hall–Kier alpha value is -1.80. The molecular formula is C18H29N3O4Si. The molecule has 0 N–H and O–H groups in total. The van der Waals surface area contributed by atoms with Crippen molar-refractivity contribution in [1.29, 1.82) is 0 Å². The number of fused-ring (bicyclic) bond motifs is 1. The van der Waals surface area contributed by atoms with Crippen LogP contribution in [0.3, 0.4) is 0 Å². The van der Waals surface area contributed by atoms with Gasteiger partial charge in [-0.1, -0.05) is 27.7 Å². The number of ketones is 1. The highest BCUT2D eigenvalue weighted by Crippen LogP contribution is 2.36. The molecule has 0 fully saturated rings. The molecule has 1 aliphatic rings. The van der Waals surface area contributed by atoms with Crippen molar-refractivity contribution in [3.05, 3.63) is 26.4 Å². The van der Waals surface area contributed by atoms with Crippen molar-refractivity contribution in [3.63, 3.8) is 0 Å². The summed E-state index contributed by atoms with van der Waals surface area (Å²) in [5, 5.41) is 0.0824. The fraction of sp³-hybridized carbons (Fsp3) is 0.667. The van der Waals surface area contributed by atoms with Gasteiger partial charge in [0, 0.05) is 25.6 Å². The molecule has 1 aromatic heterocycles. The Balaban J connectivity index is 2.30. The van der Waals surface area contributed by atoms with Crippen LogP contribution in [0.4, 0.5) is 5.82 Å². The van der Waals surface area contributed by atoms with E-state index >= 15 is 0 Å². The number of aromatic nitrogens is 2. The zero-order valence-electron chi connectivity index (χ0n) is 16.8. The summed E-state index contributed by atoms with van der Waals surface area (Å²) >= 11 is 0. The van der Waals surface area contributed by atoms with E-state index in [1.54, 1.807) is 14.0 Å². The van der Waals surface area contributed by atoms with Crippen LogP contribution in [0, 0.1) is 0 Å². The van der Waals surface area contributed by atoms with E-state index in [1.807, 2.05) is 0 Å². The Bertz CT molecular complexity index is 872. The number of carbonyl (C=O) groups is 1. The number of nitrogens with zero attached hydrogens (tertiary/aromatic N) is 3. The van der Waals surface area contributed by atoms with Gasteiger partial charge in [0.25, 0.3) is 5.56 Å². The second kappa shape index (κ2) is 7.07. The van der Waals surface area contributed by atoms with Crippen LogP contribution < -0.4 is 11.2 Å². The molecule has 2 heterocycles. The van der Waals surface area contributed by atoms with Gasteiger partial charge in [-0.3, -0.25) is 18.7 Å². The predicted molar refractivity (Wildman–Crippen MR) is 105 cm³/mol. The molecule has 0 saturated heterocycles. The molecule has 0 aromatic carbocycles. The van der Waals surface area contributed by atoms with Gasteiger partial charge in [0.05, 0.1) is 18.7 Å². The summed E-state index contributed by atoms with van der Waals surface area (Å²) in [6.45, 7) is 12.7. The Kier molecular flexibility index (Phi) is 5.58. The van der Waals surface area contributed by atoms with E-state index in [4.69, 9.17) is 4.43 Å². The predicted octanol–water partition coefficient (Wildman–Crippen LogP) is 2.18. The lowest BCUT2D eigenvalue weighted by Crippen LogP contribution is -2.42. The third-order valence-corrected chi connectivity index (χ3v) is 9.87. The van der Waals surface area contributed by atoms with Crippen LogP contribution in [-0.2, 0) is 29.2 Å². The van der Waals surface area contributed by atoms with Crippen LogP contribution in [0.5, 0.6) is 0 Å². The monoisotopic (exact) mass is 379 g/mol. The Morgan fingerprint density at radius 1 is 1.27 bits per heavy atom. The maximum absolute atomic E-state index is 12.7. The molecule has 0 atom stereocenters. The first kappa shape index (κ1) is 20.5. The number of carbonyl (C=O) groups excluding carboxylic acids is 1. The molecule has 0 aliphatic carbocycles. The van der Waals surface area contributed by atoms with E-state index in [0.29, 0.717) is 24.4 Å². The van der Waals surface area contributed by atoms with Crippen molar-refractivity contribution < 1.29 is 9.22 Å². The number of hydrogen-bond acceptors (Lipinski definition) is 5. The minimum atomic E-state index is -1.93. The maximum Gasteiger partial charge on any atom is 0.332 e. The highest BCUT2D eigenvalue weighted by Gasteiger charge is 2.37. The number of hydrogen-bond donors (Lipinski definition) is 0. The molecule has 26 heavy (non-hydrogen) atoms. The van der Waals surface area contributed by atoms with Gasteiger partial charge in [-0.2, -0.15) is 0 Å². The van der Waals surface area contributed by atoms with Gasteiger partial charge < -0.3 is 4.43 Å². The lowest BCUT2D eigenvalue weighted by molar-refractivity contribution is -0.119. The molecule has 0 amide bonds. The summed E-state index contributed by atoms with van der Waals surface area (Å²) in [7, 11) is -0.351. The molecule has 8 heteroatoms. The standard InChI is InChI=1S/C18H29N3O4Si/c1-8-13(22)10-21-16(23)14-9-12(19-15(14)20(5)17(21)24)11-25-26(6,7)18(2,3)4/h8-11H2,1-7H3. The van der Waals surface area contributed by atoms with Gasteiger partial charge in [0.2, 0.25) is 0 Å². The van der Waals surface area contributed by atoms with Crippen molar-refractivity contribution >= 4 is 25.6 Å². The van der Waals surface area contributed by atoms with E-state index in [1.165, 1.54) is 4.57 Å². The van der Waals surface area contributed by atoms with Gasteiger partial charge in [-0.25, -0.2) is 9.79 Å². The quantitative estimate of drug-likeness (QED) is 0.709. The summed E-state index contributed by atoms with van der Waals surface area (Å²) in [5.74, 6) is 0.235. The second-order valence-electron chi connectivity index (χ2n) is 8.33. The van der Waals surface area contributed by atoms with Gasteiger partial charge in [-0.15, -0.1) is 0 Å². The third kappa shape index (κ3) is 3.80. The van der Waals surface area contributed by atoms with E-state index in [9.17, 15) is 14.4 Å². The molecule has 1 aromatic rings. The zero-order chi connectivity index (χ0) is 19.9. The van der Waals surface area contributed by atoms with E-state index in [2.05, 4.69) is 38.9 Å². The normalized spacial score (nSPS) is 14.3. The summed E-state index contributed by atoms with van der Waals surface area (Å²) in [6.07, 6.45) is 0.645. The summed E-state index contributed by atoms with van der Waals surface area (Å²) in [4.78, 5) is 41.3. The van der Waals surface area contributed by atoms with E-state index < -0.39 is 19.6 Å². The molecule has 0 bridgehead atoms. The van der Waals surface area contributed by atoms with Crippen LogP contribution >= 0.6 is 0 Å². The lowest BCUT2D eigenvalue weighted by atomic mass is 10.2. The molecule has 0 saturated carbocycles. The summed E-state index contributed by atoms with van der Waals surface area (Å²) in [6, 6.07) is 0. The van der Waals surface area contributed by atoms with Crippen molar-refractivity contribution in [2.24, 2.45) is 12.0 Å². The van der Waals surface area contributed by atoms with Crippen LogP contribution in [0.2, 0.25) is 18.1 Å². The average molecular weight is 380 g/mol. The van der Waals surface area contributed by atoms with Crippen molar-refractivity contribution in [2.75, 3.05) is 6.61 Å². The van der Waals surface area contributed by atoms with Gasteiger partial charge >= 0.3 is 5.69 Å². The number of rotatable bonds is 6. The van der Waals surface area contributed by atoms with Crippen molar-refractivity contribution in [2.45, 2.75) is 65.2 Å². The summed E-state index contributed by atoms with van der Waals surface area (Å²) < 4.78 is 8.55.